The topological polar surface area (TPSA) is 40.5 Å². The van der Waals surface area contributed by atoms with Gasteiger partial charge >= 0.3 is 0 Å². The molecule has 3 heteroatoms. The molecule has 1 N–H and O–H groups in total. The summed E-state index contributed by atoms with van der Waals surface area (Å²) in [6.45, 7) is 3.22. The Morgan fingerprint density at radius 1 is 1.38 bits per heavy atom. The van der Waals surface area contributed by atoms with Crippen LogP contribution in [0.25, 0.3) is 0 Å². The molecule has 1 aromatic carbocycles. The number of nitrogens with zero attached hydrogens (tertiary/aromatic N) is 1. The normalized spacial score (nSPS) is 20.9. The Bertz CT molecular complexity index is 372. The molecular weight excluding hydrogens is 202 g/mol. The molecular formula is C13H17NO2. The number of carbonyl (C=O) groups is 1. The van der Waals surface area contributed by atoms with Gasteiger partial charge in [0, 0.05) is 18.7 Å². The van der Waals surface area contributed by atoms with Crippen molar-refractivity contribution in [1.29, 1.82) is 0 Å². The molecule has 0 aromatic heterocycles. The minimum Gasteiger partial charge on any atom is -0.391 e. The van der Waals surface area contributed by atoms with Gasteiger partial charge < -0.3 is 10.0 Å². The third kappa shape index (κ3) is 2.42. The van der Waals surface area contributed by atoms with Crippen LogP contribution in [-0.4, -0.2) is 35.1 Å². The fourth-order valence-electron chi connectivity index (χ4n) is 2.02. The third-order valence-corrected chi connectivity index (χ3v) is 2.98. The highest BCUT2D eigenvalue weighted by molar-refractivity contribution is 5.94. The first-order valence-corrected chi connectivity index (χ1v) is 5.71. The van der Waals surface area contributed by atoms with E-state index in [-0.39, 0.29) is 12.0 Å². The van der Waals surface area contributed by atoms with E-state index in [0.717, 1.165) is 24.9 Å². The zero-order chi connectivity index (χ0) is 11.5. The molecule has 1 fully saturated rings. The van der Waals surface area contributed by atoms with Gasteiger partial charge in [-0.15, -0.1) is 0 Å². The number of amides is 1. The van der Waals surface area contributed by atoms with Gasteiger partial charge in [0.2, 0.25) is 0 Å². The summed E-state index contributed by atoms with van der Waals surface area (Å²) in [4.78, 5) is 13.8. The van der Waals surface area contributed by atoms with Crippen molar-refractivity contribution in [2.45, 2.75) is 25.9 Å². The second-order valence-corrected chi connectivity index (χ2v) is 4.41. The molecule has 1 aliphatic rings. The van der Waals surface area contributed by atoms with Crippen molar-refractivity contribution in [3.8, 4) is 0 Å². The van der Waals surface area contributed by atoms with E-state index in [1.54, 1.807) is 4.90 Å². The first-order chi connectivity index (χ1) is 7.66. The first-order valence-electron chi connectivity index (χ1n) is 5.71. The first kappa shape index (κ1) is 11.1. The van der Waals surface area contributed by atoms with Crippen molar-refractivity contribution in [3.63, 3.8) is 0 Å². The van der Waals surface area contributed by atoms with E-state index in [0.29, 0.717) is 12.1 Å². The minimum atomic E-state index is -0.358. The quantitative estimate of drug-likeness (QED) is 0.779. The van der Waals surface area contributed by atoms with Gasteiger partial charge in [-0.05, 0) is 31.9 Å². The summed E-state index contributed by atoms with van der Waals surface area (Å²) >= 11 is 0. The van der Waals surface area contributed by atoms with Gasteiger partial charge in [-0.2, -0.15) is 0 Å². The Kier molecular flexibility index (Phi) is 3.25. The highest BCUT2D eigenvalue weighted by Crippen LogP contribution is 2.14. The predicted octanol–water partition coefficient (Wildman–Crippen LogP) is 1.59. The van der Waals surface area contributed by atoms with Gasteiger partial charge in [-0.25, -0.2) is 0 Å². The lowest BCUT2D eigenvalue weighted by atomic mass is 10.1. The molecule has 1 saturated heterocycles. The van der Waals surface area contributed by atoms with Crippen LogP contribution in [-0.2, 0) is 0 Å². The number of piperidine rings is 1. The molecule has 0 bridgehead atoms. The fraction of sp³-hybridized carbons (Fsp3) is 0.462. The van der Waals surface area contributed by atoms with Gasteiger partial charge in [0.1, 0.15) is 0 Å². The second kappa shape index (κ2) is 4.66. The van der Waals surface area contributed by atoms with Gasteiger partial charge in [-0.3, -0.25) is 4.79 Å². The standard InChI is InChI=1S/C13H17NO2/c1-10-4-6-11(7-5-10)13(16)14-8-2-3-12(15)9-14/h4-7,12,15H,2-3,8-9H2,1H3. The molecule has 1 amide bonds. The molecule has 1 unspecified atom stereocenters. The fourth-order valence-corrected chi connectivity index (χ4v) is 2.02. The average Bonchev–Trinajstić information content (AvgIpc) is 2.29. The van der Waals surface area contributed by atoms with E-state index in [2.05, 4.69) is 0 Å². The molecule has 1 heterocycles. The molecule has 0 spiro atoms. The molecule has 0 saturated carbocycles. The summed E-state index contributed by atoms with van der Waals surface area (Å²) in [5.74, 6) is 0.0266. The highest BCUT2D eigenvalue weighted by Gasteiger charge is 2.22. The summed E-state index contributed by atoms with van der Waals surface area (Å²) in [6, 6.07) is 7.57. The Labute approximate surface area is 95.7 Å². The maximum Gasteiger partial charge on any atom is 0.253 e. The van der Waals surface area contributed by atoms with Crippen LogP contribution in [0, 0.1) is 6.92 Å². The lowest BCUT2D eigenvalue weighted by Gasteiger charge is -2.30. The molecule has 86 valence electrons. The zero-order valence-corrected chi connectivity index (χ0v) is 9.52. The molecule has 3 nitrogen and oxygen atoms in total. The highest BCUT2D eigenvalue weighted by atomic mass is 16.3. The maximum absolute atomic E-state index is 12.1. The van der Waals surface area contributed by atoms with E-state index in [4.69, 9.17) is 0 Å². The van der Waals surface area contributed by atoms with E-state index in [1.807, 2.05) is 31.2 Å². The van der Waals surface area contributed by atoms with Crippen LogP contribution in [0.5, 0.6) is 0 Å². The average molecular weight is 219 g/mol. The maximum atomic E-state index is 12.1. The monoisotopic (exact) mass is 219 g/mol. The lowest BCUT2D eigenvalue weighted by Crippen LogP contribution is -2.42. The van der Waals surface area contributed by atoms with Gasteiger partial charge in [-0.1, -0.05) is 17.7 Å². The Morgan fingerprint density at radius 3 is 2.69 bits per heavy atom. The van der Waals surface area contributed by atoms with Crippen LogP contribution in [0.4, 0.5) is 0 Å². The zero-order valence-electron chi connectivity index (χ0n) is 9.52. The number of aryl methyl sites for hydroxylation is 1. The number of aliphatic hydroxyl groups is 1. The summed E-state index contributed by atoms with van der Waals surface area (Å²) < 4.78 is 0. The molecule has 16 heavy (non-hydrogen) atoms. The Balaban J connectivity index is 2.09. The van der Waals surface area contributed by atoms with Crippen molar-refractivity contribution in [1.82, 2.24) is 4.90 Å². The molecule has 0 aliphatic carbocycles. The van der Waals surface area contributed by atoms with Crippen LogP contribution < -0.4 is 0 Å². The molecule has 1 atom stereocenters. The number of rotatable bonds is 1. The third-order valence-electron chi connectivity index (χ3n) is 2.98. The number of carbonyl (C=O) groups excluding carboxylic acids is 1. The molecule has 1 aromatic rings. The second-order valence-electron chi connectivity index (χ2n) is 4.41. The van der Waals surface area contributed by atoms with E-state index < -0.39 is 0 Å². The number of β-amino-alcohol motifs (C(OH)–C–C–N with tert-alkyl or cyclic N) is 1. The van der Waals surface area contributed by atoms with E-state index in [9.17, 15) is 9.90 Å². The number of hydrogen-bond acceptors (Lipinski definition) is 2. The van der Waals surface area contributed by atoms with Crippen molar-refractivity contribution >= 4 is 5.91 Å². The lowest BCUT2D eigenvalue weighted by molar-refractivity contribution is 0.0474. The van der Waals surface area contributed by atoms with Crippen molar-refractivity contribution in [2.24, 2.45) is 0 Å². The van der Waals surface area contributed by atoms with E-state index in [1.165, 1.54) is 0 Å². The van der Waals surface area contributed by atoms with Gasteiger partial charge in [0.25, 0.3) is 5.91 Å². The predicted molar refractivity (Wildman–Crippen MR) is 62.3 cm³/mol. The molecule has 2 rings (SSSR count). The summed E-state index contributed by atoms with van der Waals surface area (Å²) in [7, 11) is 0. The van der Waals surface area contributed by atoms with Crippen LogP contribution in [0.15, 0.2) is 24.3 Å². The summed E-state index contributed by atoms with van der Waals surface area (Å²) in [5, 5.41) is 9.53. The minimum absolute atomic E-state index is 0.0266. The Morgan fingerprint density at radius 2 is 2.06 bits per heavy atom. The largest absolute Gasteiger partial charge is 0.391 e. The number of aliphatic hydroxyl groups excluding tert-OH is 1. The van der Waals surface area contributed by atoms with Gasteiger partial charge in [0.05, 0.1) is 6.10 Å². The SMILES string of the molecule is Cc1ccc(C(=O)N2CCCC(O)C2)cc1. The molecule has 0 radical (unpaired) electrons. The van der Waals surface area contributed by atoms with Crippen LogP contribution in [0.3, 0.4) is 0 Å². The smallest absolute Gasteiger partial charge is 0.253 e. The van der Waals surface area contributed by atoms with Crippen LogP contribution in [0.2, 0.25) is 0 Å². The summed E-state index contributed by atoms with van der Waals surface area (Å²) in [5.41, 5.74) is 1.86. The van der Waals surface area contributed by atoms with Crippen molar-refractivity contribution in [3.05, 3.63) is 35.4 Å². The van der Waals surface area contributed by atoms with Crippen molar-refractivity contribution in [2.75, 3.05) is 13.1 Å². The van der Waals surface area contributed by atoms with Crippen LogP contribution in [0.1, 0.15) is 28.8 Å². The number of likely N-dealkylation sites (tertiary alicyclic amines) is 1. The van der Waals surface area contributed by atoms with Crippen LogP contribution >= 0.6 is 0 Å². The number of hydrogen-bond donors (Lipinski definition) is 1. The van der Waals surface area contributed by atoms with Gasteiger partial charge in [0.15, 0.2) is 0 Å². The van der Waals surface area contributed by atoms with Crippen molar-refractivity contribution < 1.29 is 9.90 Å². The molecule has 1 aliphatic heterocycles. The Hall–Kier alpha value is -1.35. The number of benzene rings is 1. The summed E-state index contributed by atoms with van der Waals surface area (Å²) in [6.07, 6.45) is 1.33. The van der Waals surface area contributed by atoms with E-state index >= 15 is 0 Å².